The van der Waals surface area contributed by atoms with Crippen LogP contribution in [0.4, 0.5) is 0 Å². The third kappa shape index (κ3) is 11.9. The topological polar surface area (TPSA) is 62.0 Å². The summed E-state index contributed by atoms with van der Waals surface area (Å²) in [5.74, 6) is 3.57. The normalized spacial score (nSPS) is 17.4. The van der Waals surface area contributed by atoms with Gasteiger partial charge in [-0.15, -0.1) is 0 Å². The Morgan fingerprint density at radius 1 is 0.521 bits per heavy atom. The fraction of sp³-hybridized carbons (Fsp3) is 0.333. The van der Waals surface area contributed by atoms with Gasteiger partial charge >= 0.3 is 0 Å². The summed E-state index contributed by atoms with van der Waals surface area (Å²) >= 11 is 0. The van der Waals surface area contributed by atoms with Crippen molar-refractivity contribution in [3.8, 4) is 23.0 Å². The molecule has 6 nitrogen and oxygen atoms in total. The standard InChI is InChI=1S/C42H46O6/c1-32(48-40-25-17-36(18-26-40)10-9-35-15-23-39(24-16-35)45-29-42-31-47-42)6-4-2-3-5-27-43-37-19-11-33(12-20-37)7-8-34-13-21-38(22-14-34)44-28-41-30-46-41/h7-26,32,41-42H,2-6,27-31H2,1H3. The summed E-state index contributed by atoms with van der Waals surface area (Å²) in [5, 5.41) is 0. The molecule has 0 radical (unpaired) electrons. The maximum absolute atomic E-state index is 6.16. The zero-order valence-electron chi connectivity index (χ0n) is 27.8. The van der Waals surface area contributed by atoms with Crippen molar-refractivity contribution in [2.24, 2.45) is 0 Å². The van der Waals surface area contributed by atoms with Gasteiger partial charge in [-0.3, -0.25) is 0 Å². The first-order chi connectivity index (χ1) is 23.6. The number of unbranched alkanes of at least 4 members (excludes halogenated alkanes) is 3. The summed E-state index contributed by atoms with van der Waals surface area (Å²) in [6.45, 7) is 5.76. The van der Waals surface area contributed by atoms with Crippen LogP contribution < -0.4 is 18.9 Å². The highest BCUT2D eigenvalue weighted by Gasteiger charge is 2.23. The molecule has 0 bridgehead atoms. The molecule has 6 heteroatoms. The first kappa shape index (κ1) is 33.4. The molecule has 0 aliphatic carbocycles. The zero-order chi connectivity index (χ0) is 32.8. The fourth-order valence-corrected chi connectivity index (χ4v) is 5.14. The third-order valence-electron chi connectivity index (χ3n) is 8.24. The summed E-state index contributed by atoms with van der Waals surface area (Å²) in [6.07, 6.45) is 14.7. The van der Waals surface area contributed by atoms with E-state index in [1.165, 1.54) is 6.42 Å². The van der Waals surface area contributed by atoms with Crippen molar-refractivity contribution < 1.29 is 28.4 Å². The molecule has 3 atom stereocenters. The van der Waals surface area contributed by atoms with Gasteiger partial charge in [0.25, 0.3) is 0 Å². The SMILES string of the molecule is CC(CCCCCCOc1ccc(C=Cc2ccc(OCC3CO3)cc2)cc1)Oc1ccc(C=Cc2ccc(OCC3CO3)cc2)cc1. The second-order valence-electron chi connectivity index (χ2n) is 12.5. The lowest BCUT2D eigenvalue weighted by Crippen LogP contribution is -2.11. The Morgan fingerprint density at radius 2 is 0.896 bits per heavy atom. The van der Waals surface area contributed by atoms with E-state index in [4.69, 9.17) is 28.4 Å². The maximum atomic E-state index is 6.16. The van der Waals surface area contributed by atoms with Crippen LogP contribution >= 0.6 is 0 Å². The molecule has 0 saturated carbocycles. The monoisotopic (exact) mass is 646 g/mol. The van der Waals surface area contributed by atoms with Crippen LogP contribution in [-0.4, -0.2) is 51.3 Å². The molecule has 2 fully saturated rings. The van der Waals surface area contributed by atoms with E-state index in [2.05, 4.69) is 91.9 Å². The van der Waals surface area contributed by atoms with Crippen molar-refractivity contribution in [3.63, 3.8) is 0 Å². The van der Waals surface area contributed by atoms with Crippen LogP contribution in [0.5, 0.6) is 23.0 Å². The van der Waals surface area contributed by atoms with Gasteiger partial charge in [-0.05, 0) is 97.0 Å². The van der Waals surface area contributed by atoms with Gasteiger partial charge in [0.05, 0.1) is 25.9 Å². The summed E-state index contributed by atoms with van der Waals surface area (Å²) in [7, 11) is 0. The molecular formula is C42H46O6. The van der Waals surface area contributed by atoms with Gasteiger partial charge in [-0.1, -0.05) is 85.7 Å². The average Bonchev–Trinajstić information content (AvgIpc) is 4.06. The first-order valence-electron chi connectivity index (χ1n) is 17.2. The number of epoxide rings is 2. The van der Waals surface area contributed by atoms with Gasteiger partial charge < -0.3 is 28.4 Å². The van der Waals surface area contributed by atoms with Crippen LogP contribution in [0.2, 0.25) is 0 Å². The first-order valence-corrected chi connectivity index (χ1v) is 17.2. The molecule has 2 aliphatic heterocycles. The van der Waals surface area contributed by atoms with Crippen molar-refractivity contribution in [3.05, 3.63) is 119 Å². The minimum absolute atomic E-state index is 0.184. The highest BCUT2D eigenvalue weighted by molar-refractivity contribution is 5.71. The second kappa shape index (κ2) is 17.6. The Bertz CT molecular complexity index is 1570. The van der Waals surface area contributed by atoms with E-state index >= 15 is 0 Å². The Balaban J connectivity index is 0.803. The van der Waals surface area contributed by atoms with Crippen LogP contribution in [0.3, 0.4) is 0 Å². The molecule has 3 unspecified atom stereocenters. The number of rotatable bonds is 20. The molecule has 0 aromatic heterocycles. The van der Waals surface area contributed by atoms with Crippen LogP contribution in [0, 0.1) is 0 Å². The Labute approximate surface area is 284 Å². The minimum Gasteiger partial charge on any atom is -0.494 e. The van der Waals surface area contributed by atoms with E-state index in [0.29, 0.717) is 13.2 Å². The molecule has 4 aromatic carbocycles. The van der Waals surface area contributed by atoms with E-state index in [1.54, 1.807) is 0 Å². The number of hydrogen-bond acceptors (Lipinski definition) is 6. The molecular weight excluding hydrogens is 600 g/mol. The molecule has 6 rings (SSSR count). The lowest BCUT2D eigenvalue weighted by Gasteiger charge is -2.15. The van der Waals surface area contributed by atoms with Crippen molar-refractivity contribution in [2.75, 3.05) is 33.0 Å². The van der Waals surface area contributed by atoms with E-state index < -0.39 is 0 Å². The van der Waals surface area contributed by atoms with Gasteiger partial charge in [0.1, 0.15) is 48.4 Å². The molecule has 2 aliphatic rings. The zero-order valence-corrected chi connectivity index (χ0v) is 27.8. The Morgan fingerprint density at radius 3 is 1.31 bits per heavy atom. The van der Waals surface area contributed by atoms with E-state index in [9.17, 15) is 0 Å². The van der Waals surface area contributed by atoms with Gasteiger partial charge in [-0.25, -0.2) is 0 Å². The Hall–Kier alpha value is -4.52. The van der Waals surface area contributed by atoms with Crippen molar-refractivity contribution in [1.82, 2.24) is 0 Å². The van der Waals surface area contributed by atoms with E-state index in [-0.39, 0.29) is 18.3 Å². The summed E-state index contributed by atoms with van der Waals surface area (Å²) in [5.41, 5.74) is 4.55. The van der Waals surface area contributed by atoms with Crippen LogP contribution in [0.25, 0.3) is 24.3 Å². The third-order valence-corrected chi connectivity index (χ3v) is 8.24. The van der Waals surface area contributed by atoms with Gasteiger partial charge in [-0.2, -0.15) is 0 Å². The minimum atomic E-state index is 0.184. The summed E-state index contributed by atoms with van der Waals surface area (Å²) in [4.78, 5) is 0. The number of benzene rings is 4. The predicted molar refractivity (Wildman–Crippen MR) is 193 cm³/mol. The second-order valence-corrected chi connectivity index (χ2v) is 12.5. The van der Waals surface area contributed by atoms with Crippen molar-refractivity contribution in [2.45, 2.75) is 57.3 Å². The summed E-state index contributed by atoms with van der Waals surface area (Å²) in [6, 6.07) is 32.8. The predicted octanol–water partition coefficient (Wildman–Crippen LogP) is 9.38. The molecule has 250 valence electrons. The highest BCUT2D eigenvalue weighted by Crippen LogP contribution is 2.21. The maximum Gasteiger partial charge on any atom is 0.119 e. The van der Waals surface area contributed by atoms with Crippen molar-refractivity contribution in [1.29, 1.82) is 0 Å². The fourth-order valence-electron chi connectivity index (χ4n) is 5.14. The van der Waals surface area contributed by atoms with Gasteiger partial charge in [0.15, 0.2) is 0 Å². The quantitative estimate of drug-likeness (QED) is 0.0542. The van der Waals surface area contributed by atoms with Gasteiger partial charge in [0.2, 0.25) is 0 Å². The smallest absolute Gasteiger partial charge is 0.119 e. The number of hydrogen-bond donors (Lipinski definition) is 0. The molecule has 2 heterocycles. The average molecular weight is 647 g/mol. The largest absolute Gasteiger partial charge is 0.494 e. The van der Waals surface area contributed by atoms with Crippen LogP contribution in [-0.2, 0) is 9.47 Å². The molecule has 0 spiro atoms. The molecule has 2 saturated heterocycles. The van der Waals surface area contributed by atoms with Crippen molar-refractivity contribution >= 4 is 24.3 Å². The molecule has 0 amide bonds. The summed E-state index contributed by atoms with van der Waals surface area (Å²) < 4.78 is 33.9. The van der Waals surface area contributed by atoms with E-state index in [0.717, 1.165) is 90.8 Å². The number of ether oxygens (including phenoxy) is 6. The Kier molecular flexibility index (Phi) is 12.2. The lowest BCUT2D eigenvalue weighted by molar-refractivity contribution is 0.205. The van der Waals surface area contributed by atoms with Gasteiger partial charge in [0, 0.05) is 0 Å². The highest BCUT2D eigenvalue weighted by atomic mass is 16.6. The molecule has 48 heavy (non-hydrogen) atoms. The van der Waals surface area contributed by atoms with Crippen LogP contribution in [0.1, 0.15) is 61.3 Å². The molecule has 4 aromatic rings. The van der Waals surface area contributed by atoms with E-state index in [1.807, 2.05) is 36.4 Å². The molecule has 0 N–H and O–H groups in total. The van der Waals surface area contributed by atoms with Crippen LogP contribution in [0.15, 0.2) is 97.1 Å². The lowest BCUT2D eigenvalue weighted by atomic mass is 10.1.